The van der Waals surface area contributed by atoms with Gasteiger partial charge < -0.3 is 5.11 Å². The molecule has 2 aromatic rings. The highest BCUT2D eigenvalue weighted by molar-refractivity contribution is 7.84. The van der Waals surface area contributed by atoms with E-state index >= 15 is 0 Å². The Morgan fingerprint density at radius 3 is 2.62 bits per heavy atom. The normalized spacial score (nSPS) is 12.1. The van der Waals surface area contributed by atoms with Gasteiger partial charge in [-0.15, -0.1) is 0 Å². The SMILES string of the molecule is Cc1ccc(S(=O)Cc2ccc(Cl)c(F)c2)cc1C(=O)O. The lowest BCUT2D eigenvalue weighted by Gasteiger charge is -2.06. The summed E-state index contributed by atoms with van der Waals surface area (Å²) < 4.78 is 25.6. The van der Waals surface area contributed by atoms with Crippen molar-refractivity contribution >= 4 is 28.4 Å². The van der Waals surface area contributed by atoms with Gasteiger partial charge in [-0.1, -0.05) is 23.7 Å². The lowest BCUT2D eigenvalue weighted by molar-refractivity contribution is 0.0696. The summed E-state index contributed by atoms with van der Waals surface area (Å²) >= 11 is 5.59. The van der Waals surface area contributed by atoms with E-state index in [0.29, 0.717) is 16.0 Å². The van der Waals surface area contributed by atoms with E-state index in [1.165, 1.54) is 18.2 Å². The molecule has 0 aromatic heterocycles. The second-order valence-electron chi connectivity index (χ2n) is 4.52. The zero-order chi connectivity index (χ0) is 15.6. The molecule has 1 N–H and O–H groups in total. The Morgan fingerprint density at radius 2 is 2.00 bits per heavy atom. The average molecular weight is 327 g/mol. The first-order valence-electron chi connectivity index (χ1n) is 6.04. The number of aromatic carboxylic acids is 1. The fourth-order valence-corrected chi connectivity index (χ4v) is 3.07. The molecular weight excluding hydrogens is 315 g/mol. The third-order valence-electron chi connectivity index (χ3n) is 2.98. The number of carbonyl (C=O) groups is 1. The molecule has 0 fully saturated rings. The maximum absolute atomic E-state index is 13.3. The van der Waals surface area contributed by atoms with Crippen molar-refractivity contribution in [3.8, 4) is 0 Å². The van der Waals surface area contributed by atoms with Gasteiger partial charge >= 0.3 is 5.97 Å². The van der Waals surface area contributed by atoms with Gasteiger partial charge in [0, 0.05) is 4.90 Å². The molecule has 0 heterocycles. The van der Waals surface area contributed by atoms with Crippen LogP contribution in [-0.4, -0.2) is 15.3 Å². The van der Waals surface area contributed by atoms with E-state index in [1.54, 1.807) is 25.1 Å². The smallest absolute Gasteiger partial charge is 0.335 e. The average Bonchev–Trinajstić information content (AvgIpc) is 2.43. The minimum atomic E-state index is -1.46. The van der Waals surface area contributed by atoms with E-state index in [1.807, 2.05) is 0 Å². The summed E-state index contributed by atoms with van der Waals surface area (Å²) in [6.45, 7) is 1.67. The Hall–Kier alpha value is -1.72. The summed E-state index contributed by atoms with van der Waals surface area (Å²) in [5.41, 5.74) is 1.25. The van der Waals surface area contributed by atoms with Gasteiger partial charge in [-0.2, -0.15) is 0 Å². The van der Waals surface area contributed by atoms with Crippen LogP contribution in [0.5, 0.6) is 0 Å². The Kier molecular flexibility index (Phi) is 4.75. The topological polar surface area (TPSA) is 54.4 Å². The number of hydrogen-bond donors (Lipinski definition) is 1. The first-order chi connectivity index (χ1) is 9.88. The fraction of sp³-hybridized carbons (Fsp3) is 0.133. The van der Waals surface area contributed by atoms with Crippen LogP contribution in [0, 0.1) is 12.7 Å². The monoisotopic (exact) mass is 326 g/mol. The van der Waals surface area contributed by atoms with Crippen LogP contribution in [0.4, 0.5) is 4.39 Å². The summed E-state index contributed by atoms with van der Waals surface area (Å²) in [5.74, 6) is -1.54. The molecule has 6 heteroatoms. The molecule has 0 spiro atoms. The van der Waals surface area contributed by atoms with Crippen LogP contribution >= 0.6 is 11.6 Å². The summed E-state index contributed by atoms with van der Waals surface area (Å²) in [5, 5.41) is 9.07. The van der Waals surface area contributed by atoms with E-state index < -0.39 is 22.6 Å². The molecule has 110 valence electrons. The van der Waals surface area contributed by atoms with Crippen LogP contribution in [0.25, 0.3) is 0 Å². The number of hydrogen-bond acceptors (Lipinski definition) is 2. The molecule has 0 saturated carbocycles. The van der Waals surface area contributed by atoms with Crippen LogP contribution in [0.1, 0.15) is 21.5 Å². The van der Waals surface area contributed by atoms with Gasteiger partial charge in [0.2, 0.25) is 0 Å². The molecule has 0 aliphatic carbocycles. The predicted octanol–water partition coefficient (Wildman–Crippen LogP) is 3.79. The zero-order valence-corrected chi connectivity index (χ0v) is 12.7. The summed E-state index contributed by atoms with van der Waals surface area (Å²) in [4.78, 5) is 11.5. The summed E-state index contributed by atoms with van der Waals surface area (Å²) in [6.07, 6.45) is 0. The van der Waals surface area contributed by atoms with Crippen molar-refractivity contribution in [3.05, 3.63) is 63.9 Å². The van der Waals surface area contributed by atoms with Crippen molar-refractivity contribution in [2.75, 3.05) is 0 Å². The van der Waals surface area contributed by atoms with Crippen molar-refractivity contribution in [1.29, 1.82) is 0 Å². The number of benzene rings is 2. The Balaban J connectivity index is 2.26. The van der Waals surface area contributed by atoms with Gasteiger partial charge in [-0.05, 0) is 42.3 Å². The van der Waals surface area contributed by atoms with Crippen molar-refractivity contribution < 1.29 is 18.5 Å². The number of rotatable bonds is 4. The van der Waals surface area contributed by atoms with E-state index in [4.69, 9.17) is 16.7 Å². The van der Waals surface area contributed by atoms with Crippen molar-refractivity contribution in [3.63, 3.8) is 0 Å². The van der Waals surface area contributed by atoms with E-state index in [2.05, 4.69) is 0 Å². The third-order valence-corrected chi connectivity index (χ3v) is 4.67. The summed E-state index contributed by atoms with van der Waals surface area (Å²) in [7, 11) is -1.46. The van der Waals surface area contributed by atoms with Gasteiger partial charge in [-0.25, -0.2) is 9.18 Å². The molecule has 0 radical (unpaired) electrons. The number of carboxylic acid groups (broad SMARTS) is 1. The number of halogens is 2. The maximum Gasteiger partial charge on any atom is 0.335 e. The molecule has 0 aliphatic heterocycles. The second kappa shape index (κ2) is 6.37. The van der Waals surface area contributed by atoms with E-state index in [9.17, 15) is 13.4 Å². The second-order valence-corrected chi connectivity index (χ2v) is 6.38. The molecule has 0 saturated heterocycles. The largest absolute Gasteiger partial charge is 0.478 e. The van der Waals surface area contributed by atoms with Crippen LogP contribution in [0.2, 0.25) is 5.02 Å². The van der Waals surface area contributed by atoms with Crippen LogP contribution in [0.3, 0.4) is 0 Å². The van der Waals surface area contributed by atoms with Crippen LogP contribution in [-0.2, 0) is 16.6 Å². The van der Waals surface area contributed by atoms with Gasteiger partial charge in [0.1, 0.15) is 5.82 Å². The van der Waals surface area contributed by atoms with Gasteiger partial charge in [-0.3, -0.25) is 4.21 Å². The van der Waals surface area contributed by atoms with Gasteiger partial charge in [0.15, 0.2) is 0 Å². The van der Waals surface area contributed by atoms with Gasteiger partial charge in [0.25, 0.3) is 0 Å². The molecule has 0 bridgehead atoms. The standard InChI is InChI=1S/C15H12ClFO3S/c1-9-2-4-11(7-12(9)15(18)19)21(20)8-10-3-5-13(16)14(17)6-10/h2-7H,8H2,1H3,(H,18,19). The number of carboxylic acids is 1. The lowest BCUT2D eigenvalue weighted by Crippen LogP contribution is -2.03. The quantitative estimate of drug-likeness (QED) is 0.930. The highest BCUT2D eigenvalue weighted by Crippen LogP contribution is 2.20. The first-order valence-corrected chi connectivity index (χ1v) is 7.74. The zero-order valence-electron chi connectivity index (χ0n) is 11.1. The van der Waals surface area contributed by atoms with Crippen LogP contribution < -0.4 is 0 Å². The molecule has 1 atom stereocenters. The van der Waals surface area contributed by atoms with Crippen LogP contribution in [0.15, 0.2) is 41.3 Å². The molecule has 3 nitrogen and oxygen atoms in total. The Labute approximate surface area is 128 Å². The number of aryl methyl sites for hydroxylation is 1. The van der Waals surface area contributed by atoms with E-state index in [0.717, 1.165) is 0 Å². The summed E-state index contributed by atoms with van der Waals surface area (Å²) in [6, 6.07) is 8.84. The minimum Gasteiger partial charge on any atom is -0.478 e. The van der Waals surface area contributed by atoms with Gasteiger partial charge in [0.05, 0.1) is 27.1 Å². The molecular formula is C15H12ClFO3S. The Morgan fingerprint density at radius 1 is 1.29 bits per heavy atom. The minimum absolute atomic E-state index is 0.00744. The fourth-order valence-electron chi connectivity index (χ4n) is 1.84. The molecule has 21 heavy (non-hydrogen) atoms. The Bertz CT molecular complexity index is 731. The lowest BCUT2D eigenvalue weighted by atomic mass is 10.1. The molecule has 2 rings (SSSR count). The maximum atomic E-state index is 13.3. The molecule has 1 unspecified atom stereocenters. The van der Waals surface area contributed by atoms with Crippen molar-refractivity contribution in [2.45, 2.75) is 17.6 Å². The van der Waals surface area contributed by atoms with E-state index in [-0.39, 0.29) is 16.3 Å². The molecule has 0 amide bonds. The molecule has 0 aliphatic rings. The van der Waals surface area contributed by atoms with Crippen molar-refractivity contribution in [1.82, 2.24) is 0 Å². The van der Waals surface area contributed by atoms with Crippen molar-refractivity contribution in [2.24, 2.45) is 0 Å². The third kappa shape index (κ3) is 3.68. The highest BCUT2D eigenvalue weighted by atomic mass is 35.5. The highest BCUT2D eigenvalue weighted by Gasteiger charge is 2.12. The first kappa shape index (κ1) is 15.7. The predicted molar refractivity (Wildman–Crippen MR) is 79.7 cm³/mol. The molecule has 2 aromatic carbocycles.